The summed E-state index contributed by atoms with van der Waals surface area (Å²) < 4.78 is 224. The monoisotopic (exact) mass is 722 g/mol. The highest BCUT2D eigenvalue weighted by molar-refractivity contribution is 5.78. The first-order chi connectivity index (χ1) is 20.7. The van der Waals surface area contributed by atoms with Crippen molar-refractivity contribution in [3.63, 3.8) is 0 Å². The molecule has 0 aliphatic heterocycles. The first kappa shape index (κ1) is 40.5. The minimum absolute atomic E-state index is 0.109. The summed E-state index contributed by atoms with van der Waals surface area (Å²) in [7, 11) is 0. The summed E-state index contributed by atoms with van der Waals surface area (Å²) in [6.45, 7) is 2.27. The molecule has 0 aromatic rings. The molecule has 0 radical (unpaired) electrons. The highest BCUT2D eigenvalue weighted by atomic mass is 19.4. The normalized spacial score (nSPS) is 27.3. The van der Waals surface area contributed by atoms with Crippen LogP contribution in [0.3, 0.4) is 0 Å². The third-order valence-electron chi connectivity index (χ3n) is 9.30. The fraction of sp³-hybridized carbons (Fsp3) is 0.885. The molecule has 6 unspecified atom stereocenters. The molecule has 0 amide bonds. The van der Waals surface area contributed by atoms with Crippen molar-refractivity contribution in [2.45, 2.75) is 114 Å². The van der Waals surface area contributed by atoms with Crippen molar-refractivity contribution in [3.05, 3.63) is 0 Å². The predicted molar refractivity (Wildman–Crippen MR) is 125 cm³/mol. The Morgan fingerprint density at radius 2 is 1.02 bits per heavy atom. The van der Waals surface area contributed by atoms with Crippen molar-refractivity contribution in [2.75, 3.05) is 0 Å². The molecule has 0 aromatic heterocycles. The maximum Gasteiger partial charge on any atom is 0.437 e. The number of carbonyl (C=O) groups is 3. The minimum Gasteiger partial charge on any atom is -0.458 e. The van der Waals surface area contributed by atoms with Crippen molar-refractivity contribution in [1.29, 1.82) is 0 Å². The number of fused-ring (bicyclic) bond motifs is 2. The van der Waals surface area contributed by atoms with E-state index in [0.717, 1.165) is 13.8 Å². The molecule has 0 N–H and O–H groups in total. The van der Waals surface area contributed by atoms with Crippen LogP contribution in [0.4, 0.5) is 65.9 Å². The van der Waals surface area contributed by atoms with E-state index in [1.165, 1.54) is 0 Å². The predicted octanol–water partition coefficient (Wildman–Crippen LogP) is 8.17. The van der Waals surface area contributed by atoms with Gasteiger partial charge in [0.15, 0.2) is 5.41 Å². The van der Waals surface area contributed by atoms with Crippen LogP contribution >= 0.6 is 0 Å². The van der Waals surface area contributed by atoms with Crippen molar-refractivity contribution in [3.8, 4) is 0 Å². The fourth-order valence-corrected chi connectivity index (χ4v) is 6.70. The lowest BCUT2D eigenvalue weighted by Crippen LogP contribution is -2.63. The summed E-state index contributed by atoms with van der Waals surface area (Å²) in [4.78, 5) is 35.8. The molecule has 6 atom stereocenters. The quantitative estimate of drug-likeness (QED) is 0.136. The average Bonchev–Trinajstić information content (AvgIpc) is 3.32. The number of esters is 3. The Kier molecular flexibility index (Phi) is 10.4. The van der Waals surface area contributed by atoms with Gasteiger partial charge in [-0.1, -0.05) is 6.92 Å². The smallest absolute Gasteiger partial charge is 0.437 e. The lowest BCUT2D eigenvalue weighted by Gasteiger charge is -2.48. The summed E-state index contributed by atoms with van der Waals surface area (Å²) in [5.41, 5.74) is -16.8. The van der Waals surface area contributed by atoms with Crippen molar-refractivity contribution < 1.29 is 94.5 Å². The number of rotatable bonds is 9. The van der Waals surface area contributed by atoms with Gasteiger partial charge in [-0.3, -0.25) is 14.4 Å². The van der Waals surface area contributed by atoms with Crippen LogP contribution in [0.2, 0.25) is 0 Å². The summed E-state index contributed by atoms with van der Waals surface area (Å²) in [5.74, 6) is -15.4. The van der Waals surface area contributed by atoms with Gasteiger partial charge in [-0.15, -0.1) is 0 Å². The third kappa shape index (κ3) is 6.94. The Morgan fingerprint density at radius 3 is 1.32 bits per heavy atom. The molecule has 2 rings (SSSR count). The van der Waals surface area contributed by atoms with Crippen LogP contribution in [0.5, 0.6) is 0 Å². The highest BCUT2D eigenvalue weighted by Crippen LogP contribution is 2.66. The molecule has 0 spiro atoms. The maximum atomic E-state index is 14.2. The maximum absolute atomic E-state index is 14.2. The number of alkyl halides is 15. The Hall–Kier alpha value is -2.64. The summed E-state index contributed by atoms with van der Waals surface area (Å²) >= 11 is 0. The number of halogens is 15. The van der Waals surface area contributed by atoms with E-state index in [1.54, 1.807) is 0 Å². The van der Waals surface area contributed by atoms with Gasteiger partial charge in [0.25, 0.3) is 0 Å². The van der Waals surface area contributed by atoms with Crippen molar-refractivity contribution >= 4 is 17.9 Å². The lowest BCUT2D eigenvalue weighted by molar-refractivity contribution is -0.382. The van der Waals surface area contributed by atoms with Crippen LogP contribution in [-0.4, -0.2) is 65.6 Å². The largest absolute Gasteiger partial charge is 0.458 e. The number of hydrogen-bond donors (Lipinski definition) is 0. The molecule has 47 heavy (non-hydrogen) atoms. The first-order valence-electron chi connectivity index (χ1n) is 13.6. The van der Waals surface area contributed by atoms with Gasteiger partial charge >= 0.3 is 60.0 Å². The Labute approximate surface area is 256 Å². The van der Waals surface area contributed by atoms with Crippen molar-refractivity contribution in [2.24, 2.45) is 29.1 Å². The van der Waals surface area contributed by atoms with Gasteiger partial charge in [0.05, 0.1) is 0 Å². The molecule has 2 saturated carbocycles. The second kappa shape index (κ2) is 12.0. The molecule has 2 bridgehead atoms. The van der Waals surface area contributed by atoms with E-state index in [1.807, 2.05) is 0 Å². The molecule has 21 heteroatoms. The topological polar surface area (TPSA) is 78.9 Å². The molecule has 2 fully saturated rings. The molecule has 0 saturated heterocycles. The molecule has 2 aliphatic rings. The Bertz CT molecular complexity index is 1170. The zero-order valence-corrected chi connectivity index (χ0v) is 25.0. The van der Waals surface area contributed by atoms with Gasteiger partial charge in [0.2, 0.25) is 0 Å². The van der Waals surface area contributed by atoms with Gasteiger partial charge in [-0.05, 0) is 50.9 Å². The van der Waals surface area contributed by atoms with E-state index in [-0.39, 0.29) is 13.8 Å². The van der Waals surface area contributed by atoms with Gasteiger partial charge in [0.1, 0.15) is 5.60 Å². The second-order valence-electron chi connectivity index (χ2n) is 12.3. The lowest BCUT2D eigenvalue weighted by atomic mass is 9.65. The van der Waals surface area contributed by atoms with E-state index in [9.17, 15) is 80.2 Å². The first-order valence-corrected chi connectivity index (χ1v) is 13.6. The summed E-state index contributed by atoms with van der Waals surface area (Å²) in [5, 5.41) is 0. The fourth-order valence-electron chi connectivity index (χ4n) is 6.70. The van der Waals surface area contributed by atoms with Gasteiger partial charge in [-0.2, -0.15) is 65.9 Å². The number of hydrogen-bond acceptors (Lipinski definition) is 6. The molecule has 2 aliphatic carbocycles. The van der Waals surface area contributed by atoms with E-state index >= 15 is 0 Å². The molecule has 0 heterocycles. The zero-order chi connectivity index (χ0) is 37.2. The van der Waals surface area contributed by atoms with E-state index < -0.39 is 127 Å². The molecular weight excluding hydrogens is 693 g/mol. The van der Waals surface area contributed by atoms with E-state index in [4.69, 9.17) is 4.74 Å². The Morgan fingerprint density at radius 1 is 0.660 bits per heavy atom. The Balaban J connectivity index is 2.86. The van der Waals surface area contributed by atoms with Gasteiger partial charge in [-0.25, -0.2) is 0 Å². The third-order valence-corrected chi connectivity index (χ3v) is 9.30. The van der Waals surface area contributed by atoms with Crippen LogP contribution in [0.15, 0.2) is 0 Å². The molecule has 274 valence electrons. The van der Waals surface area contributed by atoms with Gasteiger partial charge in [0, 0.05) is 32.6 Å². The standard InChI is InChI=1S/C26H29F15O6/c1-6-18(4,22(27,28)29)17(44)47-19(5)8-13-7-16(19)15(10-21(25(36,37)38,26(39,40)41)46-12(3)43)14(13)9-20(23(30,31)32,24(33,34)35)45-11(2)42/h13-16H,6-10H2,1-5H3. The molecular formula is C26H29F15O6. The minimum atomic E-state index is -6.60. The number of carbonyl (C=O) groups excluding carboxylic acids is 3. The summed E-state index contributed by atoms with van der Waals surface area (Å²) in [6, 6.07) is 0. The number of ether oxygens (including phenoxy) is 3. The van der Waals surface area contributed by atoms with E-state index in [0.29, 0.717) is 6.92 Å². The average molecular weight is 722 g/mol. The SMILES string of the molecule is CCC(C)(C(=O)OC1(C)CC2CC1C(CC(OC(C)=O)(C(F)(F)F)C(F)(F)F)C2CC(OC(C)=O)(C(F)(F)F)C(F)(F)F)C(F)(F)F. The van der Waals surface area contributed by atoms with Crippen LogP contribution in [-0.2, 0) is 28.6 Å². The second-order valence-corrected chi connectivity index (χ2v) is 12.3. The molecule has 0 aromatic carbocycles. The van der Waals surface area contributed by atoms with Crippen molar-refractivity contribution in [1.82, 2.24) is 0 Å². The van der Waals surface area contributed by atoms with E-state index in [2.05, 4.69) is 9.47 Å². The van der Waals surface area contributed by atoms with Crippen LogP contribution in [0.1, 0.15) is 66.7 Å². The van der Waals surface area contributed by atoms with Crippen LogP contribution in [0, 0.1) is 29.1 Å². The van der Waals surface area contributed by atoms with Gasteiger partial charge < -0.3 is 14.2 Å². The molecule has 6 nitrogen and oxygen atoms in total. The summed E-state index contributed by atoms with van der Waals surface area (Å²) in [6.07, 6.45) is -39.4. The van der Waals surface area contributed by atoms with Crippen LogP contribution in [0.25, 0.3) is 0 Å². The zero-order valence-electron chi connectivity index (χ0n) is 25.0. The van der Waals surface area contributed by atoms with Crippen LogP contribution < -0.4 is 0 Å². The highest BCUT2D eigenvalue weighted by Gasteiger charge is 2.79.